The van der Waals surface area contributed by atoms with Crippen LogP contribution >= 0.6 is 7.82 Å². The van der Waals surface area contributed by atoms with Crippen molar-refractivity contribution in [2.45, 2.75) is 200 Å². The summed E-state index contributed by atoms with van der Waals surface area (Å²) in [7, 11) is -4.44. The molecule has 0 rings (SSSR count). The zero-order chi connectivity index (χ0) is 44.6. The molecule has 2 atom stereocenters. The first kappa shape index (κ1) is 58.2. The Hall–Kier alpha value is -2.81. The van der Waals surface area contributed by atoms with Gasteiger partial charge in [-0.15, -0.1) is 0 Å². The third-order valence-electron chi connectivity index (χ3n) is 9.80. The van der Waals surface area contributed by atoms with E-state index in [2.05, 4.69) is 104 Å². The molecule has 9 nitrogen and oxygen atoms in total. The maximum absolute atomic E-state index is 12.1. The number of unbranched alkanes of at least 4 members (excludes halogenated alkanes) is 17. The molecule has 0 aliphatic heterocycles. The predicted molar refractivity (Wildman–Crippen MR) is 256 cm³/mol. The number of allylic oxidation sites excluding steroid dienone is 14. The lowest BCUT2D eigenvalue weighted by atomic mass is 10.1. The number of aliphatic hydroxyl groups excluding tert-OH is 1. The van der Waals surface area contributed by atoms with Crippen LogP contribution in [0.1, 0.15) is 194 Å². The van der Waals surface area contributed by atoms with Crippen LogP contribution < -0.4 is 5.32 Å². The van der Waals surface area contributed by atoms with Crippen LogP contribution in [0.4, 0.5) is 0 Å². The van der Waals surface area contributed by atoms with Crippen molar-refractivity contribution in [3.8, 4) is 0 Å². The molecule has 2 unspecified atom stereocenters. The molecule has 350 valence electrons. The number of esters is 1. The quantitative estimate of drug-likeness (QED) is 0.0239. The van der Waals surface area contributed by atoms with Gasteiger partial charge in [-0.2, -0.15) is 0 Å². The SMILES string of the molecule is CCCCC/C=C\C/C=C\C/C=C\C/C=C\CCCCCCCC(=O)NCCOP(=O)(O)OCC(O)COC(=O)CCCCCCCC/C=C\C/C=C\C/C=C\CCCCC. The van der Waals surface area contributed by atoms with Gasteiger partial charge in [0.15, 0.2) is 0 Å². The number of hydrogen-bond donors (Lipinski definition) is 3. The van der Waals surface area contributed by atoms with E-state index in [0.717, 1.165) is 103 Å². The van der Waals surface area contributed by atoms with Crippen molar-refractivity contribution in [3.05, 3.63) is 85.1 Å². The second-order valence-electron chi connectivity index (χ2n) is 15.7. The summed E-state index contributed by atoms with van der Waals surface area (Å²) >= 11 is 0. The van der Waals surface area contributed by atoms with E-state index in [1.165, 1.54) is 64.2 Å². The molecular formula is C51H88NO8P. The normalized spacial score (nSPS) is 14.0. The molecule has 0 aromatic heterocycles. The van der Waals surface area contributed by atoms with E-state index in [-0.39, 0.29) is 32.1 Å². The Morgan fingerprint density at radius 1 is 0.508 bits per heavy atom. The molecule has 10 heteroatoms. The Labute approximate surface area is 373 Å². The highest BCUT2D eigenvalue weighted by atomic mass is 31.2. The molecule has 61 heavy (non-hydrogen) atoms. The fraction of sp³-hybridized carbons (Fsp3) is 0.686. The number of aliphatic hydroxyl groups is 1. The summed E-state index contributed by atoms with van der Waals surface area (Å²) in [6.45, 7) is 3.45. The molecule has 0 bridgehead atoms. The third kappa shape index (κ3) is 48.1. The second kappa shape index (κ2) is 46.7. The molecule has 0 aliphatic rings. The molecule has 0 heterocycles. The van der Waals surface area contributed by atoms with Crippen molar-refractivity contribution >= 4 is 19.7 Å². The summed E-state index contributed by atoms with van der Waals surface area (Å²) < 4.78 is 26.9. The van der Waals surface area contributed by atoms with Crippen LogP contribution in [0, 0.1) is 0 Å². The minimum Gasteiger partial charge on any atom is -0.463 e. The van der Waals surface area contributed by atoms with Crippen LogP contribution in [0.15, 0.2) is 85.1 Å². The van der Waals surface area contributed by atoms with Gasteiger partial charge in [0.2, 0.25) is 5.91 Å². The highest BCUT2D eigenvalue weighted by Crippen LogP contribution is 2.42. The smallest absolute Gasteiger partial charge is 0.463 e. The monoisotopic (exact) mass is 874 g/mol. The molecule has 0 saturated heterocycles. The average Bonchev–Trinajstić information content (AvgIpc) is 3.25. The van der Waals surface area contributed by atoms with Gasteiger partial charge in [-0.3, -0.25) is 18.6 Å². The summed E-state index contributed by atoms with van der Waals surface area (Å²) in [5, 5.41) is 12.7. The number of hydrogen-bond acceptors (Lipinski definition) is 7. The number of ether oxygens (including phenoxy) is 1. The van der Waals surface area contributed by atoms with Gasteiger partial charge in [0.1, 0.15) is 12.7 Å². The van der Waals surface area contributed by atoms with Gasteiger partial charge >= 0.3 is 13.8 Å². The first-order chi connectivity index (χ1) is 29.8. The predicted octanol–water partition coefficient (Wildman–Crippen LogP) is 14.0. The molecule has 0 aromatic rings. The lowest BCUT2D eigenvalue weighted by Crippen LogP contribution is -2.27. The number of phosphoric ester groups is 1. The van der Waals surface area contributed by atoms with E-state index in [0.29, 0.717) is 6.42 Å². The number of carbonyl (C=O) groups excluding carboxylic acids is 2. The highest BCUT2D eigenvalue weighted by Gasteiger charge is 2.23. The Morgan fingerprint density at radius 2 is 0.885 bits per heavy atom. The van der Waals surface area contributed by atoms with E-state index in [1.54, 1.807) is 0 Å². The molecule has 0 saturated carbocycles. The van der Waals surface area contributed by atoms with Gasteiger partial charge < -0.3 is 20.1 Å². The molecule has 1 amide bonds. The zero-order valence-electron chi connectivity index (χ0n) is 38.6. The molecule has 0 aromatic carbocycles. The van der Waals surface area contributed by atoms with Crippen molar-refractivity contribution in [2.24, 2.45) is 0 Å². The van der Waals surface area contributed by atoms with E-state index in [1.807, 2.05) is 0 Å². The standard InChI is InChI=1S/C51H88NO8P/c1-3-5-7-9-11-13-15-17-19-21-23-24-26-27-29-31-33-35-37-39-41-43-50(54)52-45-46-59-61(56,57)60-48-49(53)47-58-51(55)44-42-40-38-36-34-32-30-28-25-22-20-18-16-14-12-10-8-6-4-2/h11-14,17-20,23-25,27-29,49,53H,3-10,15-16,21-22,26,30-48H2,1-2H3,(H,52,54)(H,56,57)/b13-11-,14-12-,19-17-,20-18-,24-23-,28-25-,29-27-. The van der Waals surface area contributed by atoms with Crippen LogP contribution in [-0.4, -0.2) is 54.3 Å². The Bertz CT molecular complexity index is 1270. The van der Waals surface area contributed by atoms with Crippen molar-refractivity contribution in [3.63, 3.8) is 0 Å². The number of rotatable bonds is 44. The van der Waals surface area contributed by atoms with Crippen LogP contribution in [0.5, 0.6) is 0 Å². The van der Waals surface area contributed by atoms with E-state index in [9.17, 15) is 24.2 Å². The number of carbonyl (C=O) groups is 2. The minimum absolute atomic E-state index is 0.0647. The summed E-state index contributed by atoms with van der Waals surface area (Å²) in [5.41, 5.74) is 0. The molecular weight excluding hydrogens is 786 g/mol. The topological polar surface area (TPSA) is 131 Å². The molecule has 3 N–H and O–H groups in total. The third-order valence-corrected chi connectivity index (χ3v) is 10.8. The average molecular weight is 874 g/mol. The van der Waals surface area contributed by atoms with E-state index >= 15 is 0 Å². The van der Waals surface area contributed by atoms with Gasteiger partial charge in [0.05, 0.1) is 13.2 Å². The van der Waals surface area contributed by atoms with E-state index < -0.39 is 26.5 Å². The van der Waals surface area contributed by atoms with Crippen molar-refractivity contribution in [2.75, 3.05) is 26.4 Å². The highest BCUT2D eigenvalue weighted by molar-refractivity contribution is 7.47. The number of amides is 1. The molecule has 0 aliphatic carbocycles. The molecule has 0 fully saturated rings. The van der Waals surface area contributed by atoms with Gasteiger partial charge in [-0.25, -0.2) is 4.57 Å². The number of nitrogens with one attached hydrogen (secondary N) is 1. The first-order valence-electron chi connectivity index (χ1n) is 24.1. The van der Waals surface area contributed by atoms with Crippen LogP contribution in [0.25, 0.3) is 0 Å². The van der Waals surface area contributed by atoms with Gasteiger partial charge in [0.25, 0.3) is 0 Å². The lowest BCUT2D eigenvalue weighted by molar-refractivity contribution is -0.147. The van der Waals surface area contributed by atoms with Crippen molar-refractivity contribution in [1.82, 2.24) is 5.32 Å². The summed E-state index contributed by atoms with van der Waals surface area (Å²) in [4.78, 5) is 34.0. The van der Waals surface area contributed by atoms with Crippen LogP contribution in [-0.2, 0) is 27.9 Å². The van der Waals surface area contributed by atoms with Gasteiger partial charge in [0, 0.05) is 19.4 Å². The maximum Gasteiger partial charge on any atom is 0.472 e. The summed E-state index contributed by atoms with van der Waals surface area (Å²) in [5.74, 6) is -0.552. The Morgan fingerprint density at radius 3 is 1.33 bits per heavy atom. The fourth-order valence-electron chi connectivity index (χ4n) is 6.13. The summed E-state index contributed by atoms with van der Waals surface area (Å²) in [6, 6.07) is 0. The fourth-order valence-corrected chi connectivity index (χ4v) is 6.89. The Balaban J connectivity index is 3.66. The van der Waals surface area contributed by atoms with Gasteiger partial charge in [-0.1, -0.05) is 170 Å². The maximum atomic E-state index is 12.1. The molecule has 0 radical (unpaired) electrons. The second-order valence-corrected chi connectivity index (χ2v) is 17.2. The zero-order valence-corrected chi connectivity index (χ0v) is 39.5. The lowest BCUT2D eigenvalue weighted by Gasteiger charge is -2.15. The largest absolute Gasteiger partial charge is 0.472 e. The summed E-state index contributed by atoms with van der Waals surface area (Å²) in [6.07, 6.45) is 59.3. The van der Waals surface area contributed by atoms with Crippen LogP contribution in [0.2, 0.25) is 0 Å². The van der Waals surface area contributed by atoms with Crippen molar-refractivity contribution < 1.29 is 37.9 Å². The van der Waals surface area contributed by atoms with E-state index in [4.69, 9.17) is 13.8 Å². The van der Waals surface area contributed by atoms with Crippen molar-refractivity contribution in [1.29, 1.82) is 0 Å². The minimum atomic E-state index is -4.44. The van der Waals surface area contributed by atoms with Gasteiger partial charge in [-0.05, 0) is 96.3 Å². The van der Waals surface area contributed by atoms with Crippen LogP contribution in [0.3, 0.4) is 0 Å². The number of phosphoric acid groups is 1. The first-order valence-corrected chi connectivity index (χ1v) is 25.6. The Kier molecular flexibility index (Phi) is 44.5. The molecule has 0 spiro atoms.